The fourth-order valence-corrected chi connectivity index (χ4v) is 4.92. The molecule has 2 N–H and O–H groups in total. The summed E-state index contributed by atoms with van der Waals surface area (Å²) in [5.41, 5.74) is 9.62. The van der Waals surface area contributed by atoms with Crippen molar-refractivity contribution in [2.75, 3.05) is 7.11 Å². The van der Waals surface area contributed by atoms with Gasteiger partial charge in [-0.3, -0.25) is 0 Å². The Bertz CT molecular complexity index is 1890. The summed E-state index contributed by atoms with van der Waals surface area (Å²) in [4.78, 5) is 16.7. The Kier molecular flexibility index (Phi) is 4.61. The van der Waals surface area contributed by atoms with Gasteiger partial charge in [0.25, 0.3) is 0 Å². The van der Waals surface area contributed by atoms with Gasteiger partial charge in [-0.15, -0.1) is 0 Å². The maximum absolute atomic E-state index is 5.84. The first kappa shape index (κ1) is 20.5. The molecule has 0 atom stereocenters. The minimum Gasteiger partial charge on any atom is -0.496 e. The van der Waals surface area contributed by atoms with Gasteiger partial charge < -0.3 is 14.7 Å². The summed E-state index contributed by atoms with van der Waals surface area (Å²) in [7, 11) is 1.72. The number of aromatic amines is 2. The van der Waals surface area contributed by atoms with Gasteiger partial charge in [-0.1, -0.05) is 30.3 Å². The van der Waals surface area contributed by atoms with Crippen LogP contribution in [-0.4, -0.2) is 27.0 Å². The summed E-state index contributed by atoms with van der Waals surface area (Å²) in [6, 6.07) is 27.1. The molecule has 0 radical (unpaired) electrons. The normalized spacial score (nSPS) is 12.4. The zero-order valence-electron chi connectivity index (χ0n) is 19.6. The SMILES string of the molecule is COc1ccc2ccccc2c1-c1cc2cc3nc(cc4ccc(cc5nc(cc1[nH]2)C=C5)[nH]4)C=C3. The number of hydrogen-bond donors (Lipinski definition) is 2. The lowest BCUT2D eigenvalue weighted by atomic mass is 9.97. The van der Waals surface area contributed by atoms with Crippen LogP contribution in [0.2, 0.25) is 0 Å². The Morgan fingerprint density at radius 1 is 0.611 bits per heavy atom. The molecule has 2 aliphatic heterocycles. The lowest BCUT2D eigenvalue weighted by Crippen LogP contribution is -1.89. The molecule has 2 aliphatic rings. The Morgan fingerprint density at radius 2 is 1.25 bits per heavy atom. The van der Waals surface area contributed by atoms with Crippen LogP contribution in [0.4, 0.5) is 0 Å². The average Bonchev–Trinajstić information content (AvgIpc) is 3.69. The van der Waals surface area contributed by atoms with Crippen molar-refractivity contribution in [2.24, 2.45) is 0 Å². The van der Waals surface area contributed by atoms with Crippen molar-refractivity contribution < 1.29 is 4.74 Å². The van der Waals surface area contributed by atoms with Gasteiger partial charge in [-0.05, 0) is 83.6 Å². The fraction of sp³-hybridized carbons (Fsp3) is 0.0323. The number of H-pyrrole nitrogens is 2. The first-order chi connectivity index (χ1) is 17.7. The lowest BCUT2D eigenvalue weighted by molar-refractivity contribution is 0.417. The first-order valence-corrected chi connectivity index (χ1v) is 11.9. The highest BCUT2D eigenvalue weighted by Gasteiger charge is 2.15. The second-order valence-electron chi connectivity index (χ2n) is 8.95. The van der Waals surface area contributed by atoms with Crippen molar-refractivity contribution in [3.8, 4) is 16.9 Å². The number of benzene rings is 2. The minimum absolute atomic E-state index is 0.829. The van der Waals surface area contributed by atoms with E-state index in [1.165, 1.54) is 0 Å². The van der Waals surface area contributed by atoms with E-state index < -0.39 is 0 Å². The van der Waals surface area contributed by atoms with Gasteiger partial charge in [-0.2, -0.15) is 0 Å². The van der Waals surface area contributed by atoms with Gasteiger partial charge in [0.2, 0.25) is 0 Å². The molecule has 5 heteroatoms. The zero-order chi connectivity index (χ0) is 24.1. The number of aromatic nitrogens is 4. The van der Waals surface area contributed by atoms with Crippen LogP contribution >= 0.6 is 0 Å². The Balaban J connectivity index is 1.58. The fourth-order valence-electron chi connectivity index (χ4n) is 4.92. The topological polar surface area (TPSA) is 66.6 Å². The molecular formula is C31H22N4O. The van der Waals surface area contributed by atoms with E-state index in [0.717, 1.165) is 72.5 Å². The molecule has 5 heterocycles. The van der Waals surface area contributed by atoms with E-state index in [9.17, 15) is 0 Å². The standard InChI is InChI=1S/C31H22N4O/c1-36-30-13-6-19-4-2-3-5-27(19)31(30)28-17-26-16-24-10-9-22(33-24)14-20-7-8-21(32-20)15-23-11-12-25(34-23)18-29(28)35-26/h2-18,32,35H,1H3. The number of methoxy groups -OCH3 is 1. The number of ether oxygens (including phenoxy) is 1. The van der Waals surface area contributed by atoms with Gasteiger partial charge in [0, 0.05) is 33.2 Å². The van der Waals surface area contributed by atoms with Gasteiger partial charge in [0.1, 0.15) is 5.75 Å². The van der Waals surface area contributed by atoms with Gasteiger partial charge >= 0.3 is 0 Å². The first-order valence-electron chi connectivity index (χ1n) is 11.9. The van der Waals surface area contributed by atoms with Gasteiger partial charge in [0.05, 0.1) is 29.9 Å². The molecule has 0 spiro atoms. The van der Waals surface area contributed by atoms with Gasteiger partial charge in [-0.25, -0.2) is 9.97 Å². The Hall–Kier alpha value is -4.90. The molecule has 0 amide bonds. The van der Waals surface area contributed by atoms with Crippen molar-refractivity contribution in [1.29, 1.82) is 0 Å². The summed E-state index contributed by atoms with van der Waals surface area (Å²) >= 11 is 0. The van der Waals surface area contributed by atoms with Crippen LogP contribution in [0.1, 0.15) is 22.8 Å². The quantitative estimate of drug-likeness (QED) is 0.277. The predicted octanol–water partition coefficient (Wildman–Crippen LogP) is 7.48. The van der Waals surface area contributed by atoms with E-state index in [0.29, 0.717) is 0 Å². The summed E-state index contributed by atoms with van der Waals surface area (Å²) in [6.07, 6.45) is 8.14. The molecule has 3 aromatic heterocycles. The average molecular weight is 467 g/mol. The maximum atomic E-state index is 5.84. The molecular weight excluding hydrogens is 444 g/mol. The smallest absolute Gasteiger partial charge is 0.127 e. The highest BCUT2D eigenvalue weighted by molar-refractivity contribution is 6.04. The zero-order valence-corrected chi connectivity index (χ0v) is 19.6. The monoisotopic (exact) mass is 466 g/mol. The molecule has 36 heavy (non-hydrogen) atoms. The van der Waals surface area contributed by atoms with E-state index in [2.05, 4.69) is 70.6 Å². The molecule has 5 nitrogen and oxygen atoms in total. The molecule has 2 aromatic carbocycles. The molecule has 7 rings (SSSR count). The molecule has 0 saturated carbocycles. The number of nitrogens with zero attached hydrogens (tertiary/aromatic N) is 2. The van der Waals surface area contributed by atoms with Crippen molar-refractivity contribution in [1.82, 2.24) is 19.9 Å². The second-order valence-corrected chi connectivity index (χ2v) is 8.95. The van der Waals surface area contributed by atoms with Crippen molar-refractivity contribution in [2.45, 2.75) is 0 Å². The number of hydrogen-bond acceptors (Lipinski definition) is 3. The van der Waals surface area contributed by atoms with Crippen LogP contribution in [0.5, 0.6) is 5.75 Å². The van der Waals surface area contributed by atoms with Crippen LogP contribution in [0.15, 0.2) is 78.9 Å². The molecule has 0 fully saturated rings. The summed E-state index contributed by atoms with van der Waals surface area (Å²) in [5, 5.41) is 2.30. The van der Waals surface area contributed by atoms with Crippen molar-refractivity contribution in [3.05, 3.63) is 102 Å². The summed E-state index contributed by atoms with van der Waals surface area (Å²) in [5.74, 6) is 0.829. The van der Waals surface area contributed by atoms with Crippen LogP contribution < -0.4 is 4.74 Å². The van der Waals surface area contributed by atoms with E-state index >= 15 is 0 Å². The third kappa shape index (κ3) is 3.58. The van der Waals surface area contributed by atoms with Crippen molar-refractivity contribution >= 4 is 57.1 Å². The van der Waals surface area contributed by atoms with Crippen molar-refractivity contribution in [3.63, 3.8) is 0 Å². The van der Waals surface area contributed by atoms with Crippen LogP contribution in [0.3, 0.4) is 0 Å². The number of nitrogens with one attached hydrogen (secondary N) is 2. The Morgan fingerprint density at radius 3 is 1.94 bits per heavy atom. The minimum atomic E-state index is 0.829. The van der Waals surface area contributed by atoms with E-state index in [1.807, 2.05) is 42.5 Å². The molecule has 0 saturated heterocycles. The second kappa shape index (κ2) is 8.10. The number of rotatable bonds is 2. The number of fused-ring (bicyclic) bond motifs is 9. The molecule has 0 unspecified atom stereocenters. The van der Waals surface area contributed by atoms with Gasteiger partial charge in [0.15, 0.2) is 0 Å². The molecule has 172 valence electrons. The van der Waals surface area contributed by atoms with Crippen LogP contribution in [-0.2, 0) is 0 Å². The maximum Gasteiger partial charge on any atom is 0.127 e. The molecule has 8 bridgehead atoms. The molecule has 5 aromatic rings. The van der Waals surface area contributed by atoms with E-state index in [-0.39, 0.29) is 0 Å². The predicted molar refractivity (Wildman–Crippen MR) is 148 cm³/mol. The Labute approximate surface area is 207 Å². The van der Waals surface area contributed by atoms with E-state index in [4.69, 9.17) is 14.7 Å². The lowest BCUT2D eigenvalue weighted by Gasteiger charge is -2.11. The third-order valence-corrected chi connectivity index (χ3v) is 6.55. The van der Waals surface area contributed by atoms with Crippen LogP contribution in [0, 0.1) is 0 Å². The van der Waals surface area contributed by atoms with Crippen LogP contribution in [0.25, 0.3) is 68.3 Å². The highest BCUT2D eigenvalue weighted by atomic mass is 16.5. The summed E-state index contributed by atoms with van der Waals surface area (Å²) < 4.78 is 5.84. The molecule has 0 aliphatic carbocycles. The summed E-state index contributed by atoms with van der Waals surface area (Å²) in [6.45, 7) is 0. The largest absolute Gasteiger partial charge is 0.496 e. The van der Waals surface area contributed by atoms with E-state index in [1.54, 1.807) is 7.11 Å². The third-order valence-electron chi connectivity index (χ3n) is 6.55. The highest BCUT2D eigenvalue weighted by Crippen LogP contribution is 2.40.